The van der Waals surface area contributed by atoms with Crippen molar-refractivity contribution in [3.63, 3.8) is 0 Å². The van der Waals surface area contributed by atoms with Gasteiger partial charge in [-0.1, -0.05) is 57.9 Å². The molecule has 0 fully saturated rings. The number of carbonyl (C=O) groups is 2. The van der Waals surface area contributed by atoms with Crippen molar-refractivity contribution in [2.24, 2.45) is 0 Å². The molecule has 2 aromatic rings. The monoisotopic (exact) mass is 409 g/mol. The number of ether oxygens (including phenoxy) is 1. The SMILES string of the molecule is COC(=O)CC(NC(=O)Cc1ccccc1Cl)c1ccc(Br)cc1. The van der Waals surface area contributed by atoms with Gasteiger partial charge in [0.25, 0.3) is 0 Å². The first-order valence-corrected chi connectivity index (χ1v) is 8.51. The van der Waals surface area contributed by atoms with Gasteiger partial charge in [-0.05, 0) is 29.3 Å². The predicted molar refractivity (Wildman–Crippen MR) is 96.8 cm³/mol. The molecular formula is C18H17BrClNO3. The zero-order valence-corrected chi connectivity index (χ0v) is 15.4. The van der Waals surface area contributed by atoms with Crippen LogP contribution in [0.25, 0.3) is 0 Å². The first-order valence-electron chi connectivity index (χ1n) is 7.34. The summed E-state index contributed by atoms with van der Waals surface area (Å²) >= 11 is 9.46. The van der Waals surface area contributed by atoms with Gasteiger partial charge in [0.15, 0.2) is 0 Å². The van der Waals surface area contributed by atoms with Gasteiger partial charge in [0.05, 0.1) is 26.0 Å². The Morgan fingerprint density at radius 2 is 1.83 bits per heavy atom. The Hall–Kier alpha value is -1.85. The van der Waals surface area contributed by atoms with Crippen LogP contribution in [0.4, 0.5) is 0 Å². The lowest BCUT2D eigenvalue weighted by Crippen LogP contribution is -2.31. The molecule has 0 saturated heterocycles. The van der Waals surface area contributed by atoms with Crippen LogP contribution in [0.1, 0.15) is 23.6 Å². The lowest BCUT2D eigenvalue weighted by atomic mass is 10.0. The standard InChI is InChI=1S/C18H17BrClNO3/c1-24-18(23)11-16(12-6-8-14(19)9-7-12)21-17(22)10-13-4-2-3-5-15(13)20/h2-9,16H,10-11H2,1H3,(H,21,22). The van der Waals surface area contributed by atoms with Crippen LogP contribution in [0, 0.1) is 0 Å². The average Bonchev–Trinajstić information content (AvgIpc) is 2.57. The molecule has 0 bridgehead atoms. The maximum Gasteiger partial charge on any atom is 0.307 e. The van der Waals surface area contributed by atoms with E-state index in [0.717, 1.165) is 15.6 Å². The molecule has 126 valence electrons. The molecule has 0 aliphatic carbocycles. The van der Waals surface area contributed by atoms with Crippen LogP contribution in [0.2, 0.25) is 5.02 Å². The zero-order valence-electron chi connectivity index (χ0n) is 13.1. The summed E-state index contributed by atoms with van der Waals surface area (Å²) in [5, 5.41) is 3.42. The Balaban J connectivity index is 2.12. The van der Waals surface area contributed by atoms with Gasteiger partial charge in [-0.15, -0.1) is 0 Å². The number of methoxy groups -OCH3 is 1. The number of rotatable bonds is 6. The molecule has 1 atom stereocenters. The minimum atomic E-state index is -0.458. The highest BCUT2D eigenvalue weighted by Crippen LogP contribution is 2.21. The molecule has 0 aliphatic rings. The molecule has 0 spiro atoms. The fraction of sp³-hybridized carbons (Fsp3) is 0.222. The molecule has 6 heteroatoms. The van der Waals surface area contributed by atoms with Crippen LogP contribution < -0.4 is 5.32 Å². The highest BCUT2D eigenvalue weighted by molar-refractivity contribution is 9.10. The fourth-order valence-corrected chi connectivity index (χ4v) is 2.72. The molecule has 24 heavy (non-hydrogen) atoms. The first-order chi connectivity index (χ1) is 11.5. The number of benzene rings is 2. The summed E-state index contributed by atoms with van der Waals surface area (Å²) in [7, 11) is 1.33. The van der Waals surface area contributed by atoms with Crippen LogP contribution in [-0.2, 0) is 20.7 Å². The molecule has 2 rings (SSSR count). The van der Waals surface area contributed by atoms with Gasteiger partial charge in [0, 0.05) is 9.50 Å². The van der Waals surface area contributed by atoms with Gasteiger partial charge >= 0.3 is 5.97 Å². The second-order valence-corrected chi connectivity index (χ2v) is 6.54. The number of esters is 1. The zero-order chi connectivity index (χ0) is 17.5. The normalized spacial score (nSPS) is 11.6. The maximum absolute atomic E-state index is 12.4. The second-order valence-electron chi connectivity index (χ2n) is 5.22. The van der Waals surface area contributed by atoms with E-state index in [1.165, 1.54) is 7.11 Å². The fourth-order valence-electron chi connectivity index (χ4n) is 2.26. The van der Waals surface area contributed by atoms with Crippen LogP contribution >= 0.6 is 27.5 Å². The van der Waals surface area contributed by atoms with Gasteiger partial charge in [-0.2, -0.15) is 0 Å². The third kappa shape index (κ3) is 5.35. The number of halogens is 2. The number of hydrogen-bond acceptors (Lipinski definition) is 3. The van der Waals surface area contributed by atoms with Gasteiger partial charge in [0.2, 0.25) is 5.91 Å². The van der Waals surface area contributed by atoms with Crippen molar-refractivity contribution >= 4 is 39.4 Å². The first kappa shape index (κ1) is 18.5. The van der Waals surface area contributed by atoms with Crippen LogP contribution in [0.3, 0.4) is 0 Å². The lowest BCUT2D eigenvalue weighted by Gasteiger charge is -2.18. The van der Waals surface area contributed by atoms with E-state index < -0.39 is 6.04 Å². The maximum atomic E-state index is 12.4. The Morgan fingerprint density at radius 3 is 2.46 bits per heavy atom. The molecule has 0 aromatic heterocycles. The molecule has 2 aromatic carbocycles. The van der Waals surface area contributed by atoms with E-state index in [2.05, 4.69) is 21.2 Å². The molecular weight excluding hydrogens is 394 g/mol. The summed E-state index contributed by atoms with van der Waals surface area (Å²) in [6.45, 7) is 0. The van der Waals surface area contributed by atoms with Gasteiger partial charge in [-0.25, -0.2) is 0 Å². The molecule has 1 N–H and O–H groups in total. The molecule has 0 heterocycles. The summed E-state index contributed by atoms with van der Waals surface area (Å²) in [4.78, 5) is 24.0. The van der Waals surface area contributed by atoms with E-state index in [1.807, 2.05) is 36.4 Å². The van der Waals surface area contributed by atoms with E-state index in [4.69, 9.17) is 16.3 Å². The molecule has 0 saturated carbocycles. The highest BCUT2D eigenvalue weighted by Gasteiger charge is 2.19. The van der Waals surface area contributed by atoms with Crippen molar-refractivity contribution < 1.29 is 14.3 Å². The van der Waals surface area contributed by atoms with Crippen LogP contribution in [0.15, 0.2) is 53.0 Å². The van der Waals surface area contributed by atoms with Crippen LogP contribution in [-0.4, -0.2) is 19.0 Å². The van der Waals surface area contributed by atoms with E-state index in [9.17, 15) is 9.59 Å². The van der Waals surface area contributed by atoms with Crippen LogP contribution in [0.5, 0.6) is 0 Å². The number of amides is 1. The van der Waals surface area contributed by atoms with Crippen molar-refractivity contribution in [3.05, 3.63) is 69.2 Å². The highest BCUT2D eigenvalue weighted by atomic mass is 79.9. The van der Waals surface area contributed by atoms with Gasteiger partial charge in [-0.3, -0.25) is 9.59 Å². The Kier molecular flexibility index (Phi) is 6.82. The molecule has 1 amide bonds. The number of carbonyl (C=O) groups excluding carboxylic acids is 2. The van der Waals surface area contributed by atoms with Gasteiger partial charge in [0.1, 0.15) is 0 Å². The Labute approximate surface area is 154 Å². The van der Waals surface area contributed by atoms with Crippen molar-refractivity contribution in [1.29, 1.82) is 0 Å². The predicted octanol–water partition coefficient (Wildman–Crippen LogP) is 4.07. The molecule has 1 unspecified atom stereocenters. The van der Waals surface area contributed by atoms with Gasteiger partial charge < -0.3 is 10.1 Å². The third-order valence-corrected chi connectivity index (χ3v) is 4.41. The summed E-state index contributed by atoms with van der Waals surface area (Å²) in [5.41, 5.74) is 1.57. The average molecular weight is 411 g/mol. The van der Waals surface area contributed by atoms with E-state index in [0.29, 0.717) is 5.02 Å². The summed E-state index contributed by atoms with van der Waals surface area (Å²) in [5.74, 6) is -0.596. The second kappa shape index (κ2) is 8.85. The van der Waals surface area contributed by atoms with E-state index in [-0.39, 0.29) is 24.7 Å². The van der Waals surface area contributed by atoms with E-state index >= 15 is 0 Å². The van der Waals surface area contributed by atoms with Crippen molar-refractivity contribution in [1.82, 2.24) is 5.32 Å². The minimum absolute atomic E-state index is 0.0619. The lowest BCUT2D eigenvalue weighted by molar-refractivity contribution is -0.141. The Morgan fingerprint density at radius 1 is 1.17 bits per heavy atom. The van der Waals surface area contributed by atoms with Crippen molar-refractivity contribution in [2.45, 2.75) is 18.9 Å². The number of nitrogens with one attached hydrogen (secondary N) is 1. The number of hydrogen-bond donors (Lipinski definition) is 1. The van der Waals surface area contributed by atoms with E-state index in [1.54, 1.807) is 12.1 Å². The summed E-state index contributed by atoms with van der Waals surface area (Å²) in [6.07, 6.45) is 0.209. The van der Waals surface area contributed by atoms with Crippen molar-refractivity contribution in [3.8, 4) is 0 Å². The molecule has 0 aliphatic heterocycles. The topological polar surface area (TPSA) is 55.4 Å². The minimum Gasteiger partial charge on any atom is -0.469 e. The molecule has 0 radical (unpaired) electrons. The summed E-state index contributed by atoms with van der Waals surface area (Å²) in [6, 6.07) is 14.2. The third-order valence-electron chi connectivity index (χ3n) is 3.51. The largest absolute Gasteiger partial charge is 0.469 e. The smallest absolute Gasteiger partial charge is 0.307 e. The quantitative estimate of drug-likeness (QED) is 0.731. The summed E-state index contributed by atoms with van der Waals surface area (Å²) < 4.78 is 5.65. The van der Waals surface area contributed by atoms with Crippen molar-refractivity contribution in [2.75, 3.05) is 7.11 Å². The Bertz CT molecular complexity index is 718. The molecule has 4 nitrogen and oxygen atoms in total.